The van der Waals surface area contributed by atoms with Gasteiger partial charge < -0.3 is 13.9 Å². The summed E-state index contributed by atoms with van der Waals surface area (Å²) in [5.74, 6) is 0.354. The fraction of sp³-hybridized carbons (Fsp3) is 0. The van der Waals surface area contributed by atoms with Gasteiger partial charge in [0.05, 0.1) is 10.9 Å². The zero-order chi connectivity index (χ0) is 19.3. The minimum Gasteiger partial charge on any atom is -0.508 e. The summed E-state index contributed by atoms with van der Waals surface area (Å²) in [4.78, 5) is 29.0. The van der Waals surface area contributed by atoms with E-state index in [1.165, 1.54) is 23.5 Å². The molecule has 5 rings (SSSR count). The third kappa shape index (κ3) is 2.69. The zero-order valence-corrected chi connectivity index (χ0v) is 15.0. The van der Waals surface area contributed by atoms with Crippen molar-refractivity contribution in [2.75, 3.05) is 0 Å². The maximum absolute atomic E-state index is 12.4. The van der Waals surface area contributed by atoms with Crippen LogP contribution in [-0.2, 0) is 0 Å². The number of hydrogen-bond donors (Lipinski definition) is 1. The Bertz CT molecular complexity index is 1480. The normalized spacial score (nSPS) is 11.3. The molecule has 2 aromatic carbocycles. The van der Waals surface area contributed by atoms with Crippen molar-refractivity contribution >= 4 is 33.1 Å². The molecule has 0 aliphatic rings. The van der Waals surface area contributed by atoms with Crippen LogP contribution in [0.4, 0.5) is 0 Å². The van der Waals surface area contributed by atoms with Crippen molar-refractivity contribution in [3.63, 3.8) is 0 Å². The molecule has 0 atom stereocenters. The van der Waals surface area contributed by atoms with Gasteiger partial charge in [0, 0.05) is 16.8 Å². The second-order valence-corrected chi connectivity index (χ2v) is 7.05. The SMILES string of the molecule is O=c1oc2cc(O)ccc2cc1-c1nc(-c2cc3ccccc3c(=O)o2)cs1. The highest BCUT2D eigenvalue weighted by Gasteiger charge is 2.15. The van der Waals surface area contributed by atoms with Crippen molar-refractivity contribution in [3.8, 4) is 27.8 Å². The zero-order valence-electron chi connectivity index (χ0n) is 14.2. The summed E-state index contributed by atoms with van der Waals surface area (Å²) in [6.45, 7) is 0. The lowest BCUT2D eigenvalue weighted by atomic mass is 10.1. The number of phenolic OH excluding ortho intramolecular Hbond substituents is 1. The Morgan fingerprint density at radius 3 is 2.64 bits per heavy atom. The molecule has 6 nitrogen and oxygen atoms in total. The molecule has 0 unspecified atom stereocenters. The van der Waals surface area contributed by atoms with Crippen LogP contribution < -0.4 is 11.3 Å². The quantitative estimate of drug-likeness (QED) is 0.450. The van der Waals surface area contributed by atoms with Crippen molar-refractivity contribution in [2.45, 2.75) is 0 Å². The molecule has 136 valence electrons. The van der Waals surface area contributed by atoms with E-state index < -0.39 is 11.3 Å². The van der Waals surface area contributed by atoms with E-state index in [0.29, 0.717) is 38.4 Å². The fourth-order valence-electron chi connectivity index (χ4n) is 3.02. The van der Waals surface area contributed by atoms with Gasteiger partial charge in [-0.3, -0.25) is 0 Å². The van der Waals surface area contributed by atoms with Crippen molar-refractivity contribution in [2.24, 2.45) is 0 Å². The first-order valence-corrected chi connectivity index (χ1v) is 9.22. The first kappa shape index (κ1) is 16.5. The Balaban J connectivity index is 1.63. The van der Waals surface area contributed by atoms with Crippen LogP contribution in [0, 0.1) is 0 Å². The third-order valence-corrected chi connectivity index (χ3v) is 5.25. The van der Waals surface area contributed by atoms with E-state index in [-0.39, 0.29) is 5.75 Å². The minimum absolute atomic E-state index is 0.0197. The average Bonchev–Trinajstić information content (AvgIpc) is 3.17. The lowest BCUT2D eigenvalue weighted by molar-refractivity contribution is 0.473. The van der Waals surface area contributed by atoms with Gasteiger partial charge in [0.1, 0.15) is 22.0 Å². The van der Waals surface area contributed by atoms with E-state index in [2.05, 4.69) is 4.98 Å². The fourth-order valence-corrected chi connectivity index (χ4v) is 3.83. The second kappa shape index (κ2) is 6.17. The number of phenols is 1. The van der Waals surface area contributed by atoms with Gasteiger partial charge in [0.25, 0.3) is 0 Å². The van der Waals surface area contributed by atoms with Crippen LogP contribution in [0.15, 0.2) is 78.4 Å². The van der Waals surface area contributed by atoms with Gasteiger partial charge in [-0.25, -0.2) is 14.6 Å². The van der Waals surface area contributed by atoms with Crippen LogP contribution in [0.5, 0.6) is 5.75 Å². The number of nitrogens with zero attached hydrogens (tertiary/aromatic N) is 1. The van der Waals surface area contributed by atoms with E-state index in [4.69, 9.17) is 8.83 Å². The molecule has 0 bridgehead atoms. The molecule has 0 fully saturated rings. The van der Waals surface area contributed by atoms with E-state index in [1.807, 2.05) is 12.1 Å². The summed E-state index contributed by atoms with van der Waals surface area (Å²) in [7, 11) is 0. The number of aromatic hydroxyl groups is 1. The molecule has 0 radical (unpaired) electrons. The summed E-state index contributed by atoms with van der Waals surface area (Å²) in [5, 5.41) is 13.6. The maximum Gasteiger partial charge on any atom is 0.346 e. The monoisotopic (exact) mass is 389 g/mol. The predicted molar refractivity (Wildman–Crippen MR) is 107 cm³/mol. The molecule has 3 heterocycles. The standard InChI is InChI=1S/C21H11NO5S/c23-13-6-5-12-7-15(21(25)26-17(12)9-13)19-22-16(10-28-19)18-8-11-3-1-2-4-14(11)20(24)27-18/h1-10,23H. The molecular weight excluding hydrogens is 378 g/mol. The largest absolute Gasteiger partial charge is 0.508 e. The summed E-state index contributed by atoms with van der Waals surface area (Å²) < 4.78 is 10.7. The van der Waals surface area contributed by atoms with Gasteiger partial charge in [-0.2, -0.15) is 0 Å². The van der Waals surface area contributed by atoms with Gasteiger partial charge in [0.15, 0.2) is 5.76 Å². The molecule has 0 aliphatic carbocycles. The summed E-state index contributed by atoms with van der Waals surface area (Å²) in [5.41, 5.74) is 0.0725. The topological polar surface area (TPSA) is 93.5 Å². The number of fused-ring (bicyclic) bond motifs is 2. The summed E-state index contributed by atoms with van der Waals surface area (Å²) in [6, 6.07) is 15.1. The Hall–Kier alpha value is -3.71. The van der Waals surface area contributed by atoms with E-state index >= 15 is 0 Å². The Morgan fingerprint density at radius 1 is 0.893 bits per heavy atom. The van der Waals surface area contributed by atoms with Crippen molar-refractivity contribution < 1.29 is 13.9 Å². The van der Waals surface area contributed by atoms with Crippen LogP contribution in [0.25, 0.3) is 43.8 Å². The Labute approximate surface area is 160 Å². The van der Waals surface area contributed by atoms with Gasteiger partial charge in [-0.05, 0) is 35.7 Å². The van der Waals surface area contributed by atoms with Crippen LogP contribution in [0.1, 0.15) is 0 Å². The minimum atomic E-state index is -0.557. The average molecular weight is 389 g/mol. The highest BCUT2D eigenvalue weighted by Crippen LogP contribution is 2.30. The smallest absolute Gasteiger partial charge is 0.346 e. The molecule has 5 aromatic rings. The predicted octanol–water partition coefficient (Wildman–Crippen LogP) is 4.40. The van der Waals surface area contributed by atoms with Crippen LogP contribution >= 0.6 is 11.3 Å². The number of thiazole rings is 1. The first-order valence-electron chi connectivity index (χ1n) is 8.34. The van der Waals surface area contributed by atoms with Crippen molar-refractivity contribution in [3.05, 3.63) is 80.8 Å². The maximum atomic E-state index is 12.4. The molecule has 7 heteroatoms. The number of rotatable bonds is 2. The molecule has 1 N–H and O–H groups in total. The second-order valence-electron chi connectivity index (χ2n) is 6.19. The molecule has 0 spiro atoms. The van der Waals surface area contributed by atoms with Gasteiger partial charge >= 0.3 is 11.3 Å². The molecule has 0 saturated heterocycles. The highest BCUT2D eigenvalue weighted by atomic mass is 32.1. The van der Waals surface area contributed by atoms with E-state index in [1.54, 1.807) is 35.7 Å². The Morgan fingerprint density at radius 2 is 1.75 bits per heavy atom. The van der Waals surface area contributed by atoms with Gasteiger partial charge in [0.2, 0.25) is 0 Å². The third-order valence-electron chi connectivity index (χ3n) is 4.38. The number of aromatic nitrogens is 1. The molecular formula is C21H11NO5S. The summed E-state index contributed by atoms with van der Waals surface area (Å²) in [6.07, 6.45) is 0. The van der Waals surface area contributed by atoms with E-state index in [0.717, 1.165) is 5.39 Å². The summed E-state index contributed by atoms with van der Waals surface area (Å²) >= 11 is 1.25. The van der Waals surface area contributed by atoms with E-state index in [9.17, 15) is 14.7 Å². The molecule has 28 heavy (non-hydrogen) atoms. The van der Waals surface area contributed by atoms with Crippen molar-refractivity contribution in [1.29, 1.82) is 0 Å². The lowest BCUT2D eigenvalue weighted by Crippen LogP contribution is -2.02. The molecule has 0 amide bonds. The van der Waals surface area contributed by atoms with Gasteiger partial charge in [-0.15, -0.1) is 11.3 Å². The molecule has 0 saturated carbocycles. The van der Waals surface area contributed by atoms with Crippen molar-refractivity contribution in [1.82, 2.24) is 4.98 Å². The molecule has 3 aromatic heterocycles. The number of benzene rings is 2. The Kier molecular flexibility index (Phi) is 3.63. The highest BCUT2D eigenvalue weighted by molar-refractivity contribution is 7.13. The lowest BCUT2D eigenvalue weighted by Gasteiger charge is -2.01. The van der Waals surface area contributed by atoms with Crippen LogP contribution in [0.2, 0.25) is 0 Å². The van der Waals surface area contributed by atoms with Gasteiger partial charge in [-0.1, -0.05) is 18.2 Å². The number of hydrogen-bond acceptors (Lipinski definition) is 7. The molecule has 0 aliphatic heterocycles. The first-order chi connectivity index (χ1) is 13.6. The van der Waals surface area contributed by atoms with Crippen LogP contribution in [0.3, 0.4) is 0 Å². The van der Waals surface area contributed by atoms with Crippen LogP contribution in [-0.4, -0.2) is 10.1 Å².